The molecule has 0 aliphatic carbocycles. The molecule has 0 saturated heterocycles. The summed E-state index contributed by atoms with van der Waals surface area (Å²) in [6.07, 6.45) is 1.39. The van der Waals surface area contributed by atoms with Gasteiger partial charge in [-0.15, -0.1) is 0 Å². The molecule has 0 aliphatic rings. The number of anilines is 1. The van der Waals surface area contributed by atoms with E-state index in [-0.39, 0.29) is 11.5 Å². The Balaban J connectivity index is 2.15. The minimum Gasteiger partial charge on any atom is -0.508 e. The maximum atomic E-state index is 11.5. The zero-order chi connectivity index (χ0) is 11.5. The van der Waals surface area contributed by atoms with Crippen molar-refractivity contribution in [1.82, 2.24) is 5.16 Å². The predicted molar refractivity (Wildman–Crippen MR) is 57.3 cm³/mol. The third kappa shape index (κ3) is 2.03. The Kier molecular flexibility index (Phi) is 2.59. The highest BCUT2D eigenvalue weighted by Gasteiger charge is 2.10. The largest absolute Gasteiger partial charge is 0.508 e. The molecule has 2 N–H and O–H groups in total. The monoisotopic (exact) mass is 218 g/mol. The van der Waals surface area contributed by atoms with Crippen LogP contribution in [0.4, 0.5) is 5.69 Å². The van der Waals surface area contributed by atoms with Gasteiger partial charge in [0.1, 0.15) is 5.75 Å². The fourth-order valence-electron chi connectivity index (χ4n) is 1.21. The number of benzene rings is 1. The van der Waals surface area contributed by atoms with E-state index in [4.69, 9.17) is 4.52 Å². The lowest BCUT2D eigenvalue weighted by Gasteiger charge is -2.04. The topological polar surface area (TPSA) is 75.4 Å². The van der Waals surface area contributed by atoms with Crippen LogP contribution in [0.3, 0.4) is 0 Å². The van der Waals surface area contributed by atoms with Crippen LogP contribution < -0.4 is 5.32 Å². The Bertz CT molecular complexity index is 506. The summed E-state index contributed by atoms with van der Waals surface area (Å²) >= 11 is 0. The summed E-state index contributed by atoms with van der Waals surface area (Å²) < 4.78 is 4.70. The van der Waals surface area contributed by atoms with E-state index in [9.17, 15) is 9.90 Å². The molecular formula is C11H10N2O3. The minimum absolute atomic E-state index is 0.125. The summed E-state index contributed by atoms with van der Waals surface area (Å²) in [4.78, 5) is 11.5. The van der Waals surface area contributed by atoms with Crippen molar-refractivity contribution < 1.29 is 14.4 Å². The number of rotatable bonds is 2. The second kappa shape index (κ2) is 4.06. The van der Waals surface area contributed by atoms with Gasteiger partial charge in [-0.3, -0.25) is 4.79 Å². The lowest BCUT2D eigenvalue weighted by molar-refractivity contribution is 0.0988. The van der Waals surface area contributed by atoms with Crippen LogP contribution in [0.25, 0.3) is 0 Å². The molecule has 2 aromatic rings. The van der Waals surface area contributed by atoms with Crippen LogP contribution in [0, 0.1) is 6.92 Å². The van der Waals surface area contributed by atoms with Gasteiger partial charge in [0.05, 0.1) is 6.20 Å². The lowest BCUT2D eigenvalue weighted by atomic mass is 10.2. The van der Waals surface area contributed by atoms with Crippen LogP contribution in [0.1, 0.15) is 16.1 Å². The summed E-state index contributed by atoms with van der Waals surface area (Å²) in [5.74, 6) is -0.142. The Morgan fingerprint density at radius 1 is 1.44 bits per heavy atom. The molecule has 1 amide bonds. The molecule has 2 rings (SSSR count). The SMILES string of the molecule is Cc1ccc(NC(=O)c2ccno2)cc1O. The van der Waals surface area contributed by atoms with Crippen molar-refractivity contribution in [1.29, 1.82) is 0 Å². The van der Waals surface area contributed by atoms with Gasteiger partial charge >= 0.3 is 0 Å². The molecule has 1 aromatic carbocycles. The molecule has 1 aromatic heterocycles. The van der Waals surface area contributed by atoms with Crippen molar-refractivity contribution >= 4 is 11.6 Å². The number of aryl methyl sites for hydroxylation is 1. The number of carbonyl (C=O) groups excluding carboxylic acids is 1. The number of hydrogen-bond acceptors (Lipinski definition) is 4. The van der Waals surface area contributed by atoms with E-state index in [1.165, 1.54) is 18.3 Å². The third-order valence-corrected chi connectivity index (χ3v) is 2.13. The summed E-state index contributed by atoms with van der Waals surface area (Å²) in [7, 11) is 0. The van der Waals surface area contributed by atoms with E-state index < -0.39 is 5.91 Å². The van der Waals surface area contributed by atoms with Gasteiger partial charge in [-0.05, 0) is 18.6 Å². The fourth-order valence-corrected chi connectivity index (χ4v) is 1.21. The number of carbonyl (C=O) groups is 1. The molecule has 0 fully saturated rings. The van der Waals surface area contributed by atoms with E-state index in [1.807, 2.05) is 0 Å². The maximum Gasteiger partial charge on any atom is 0.294 e. The number of nitrogens with one attached hydrogen (secondary N) is 1. The lowest BCUT2D eigenvalue weighted by Crippen LogP contribution is -2.10. The first-order valence-corrected chi connectivity index (χ1v) is 4.68. The number of phenolic OH excluding ortho intramolecular Hbond substituents is 1. The second-order valence-corrected chi connectivity index (χ2v) is 3.33. The van der Waals surface area contributed by atoms with Gasteiger partial charge in [0.15, 0.2) is 0 Å². The predicted octanol–water partition coefficient (Wildman–Crippen LogP) is 1.94. The van der Waals surface area contributed by atoms with E-state index >= 15 is 0 Å². The third-order valence-electron chi connectivity index (χ3n) is 2.13. The molecule has 0 saturated carbocycles. The van der Waals surface area contributed by atoms with Crippen LogP contribution in [0.2, 0.25) is 0 Å². The molecule has 1 heterocycles. The molecular weight excluding hydrogens is 208 g/mol. The molecule has 5 heteroatoms. The Morgan fingerprint density at radius 3 is 2.88 bits per heavy atom. The van der Waals surface area contributed by atoms with Gasteiger partial charge in [0, 0.05) is 17.8 Å². The molecule has 5 nitrogen and oxygen atoms in total. The van der Waals surface area contributed by atoms with Crippen molar-refractivity contribution in [2.45, 2.75) is 6.92 Å². The smallest absolute Gasteiger partial charge is 0.294 e. The summed E-state index contributed by atoms with van der Waals surface area (Å²) in [6.45, 7) is 1.78. The molecule has 0 aliphatic heterocycles. The Morgan fingerprint density at radius 2 is 2.25 bits per heavy atom. The van der Waals surface area contributed by atoms with Crippen LogP contribution in [-0.4, -0.2) is 16.2 Å². The number of aromatic nitrogens is 1. The summed E-state index contributed by atoms with van der Waals surface area (Å²) in [5, 5.41) is 15.5. The molecule has 0 atom stereocenters. The standard InChI is InChI=1S/C11H10N2O3/c1-7-2-3-8(6-9(7)14)13-11(15)10-4-5-12-16-10/h2-6,14H,1H3,(H,13,15). The fraction of sp³-hybridized carbons (Fsp3) is 0.0909. The number of phenols is 1. The molecule has 0 bridgehead atoms. The number of aromatic hydroxyl groups is 1. The number of nitrogens with zero attached hydrogens (tertiary/aromatic N) is 1. The number of hydrogen-bond donors (Lipinski definition) is 2. The molecule has 0 radical (unpaired) electrons. The summed E-state index contributed by atoms with van der Waals surface area (Å²) in [5.41, 5.74) is 1.25. The Labute approximate surface area is 91.7 Å². The van der Waals surface area contributed by atoms with Crippen molar-refractivity contribution in [3.05, 3.63) is 41.8 Å². The quantitative estimate of drug-likeness (QED) is 0.807. The van der Waals surface area contributed by atoms with Crippen LogP contribution in [-0.2, 0) is 0 Å². The van der Waals surface area contributed by atoms with Crippen LogP contribution >= 0.6 is 0 Å². The highest BCUT2D eigenvalue weighted by molar-refractivity contribution is 6.02. The molecule has 0 unspecified atom stereocenters. The van der Waals surface area contributed by atoms with Gasteiger partial charge in [-0.25, -0.2) is 0 Å². The first-order valence-electron chi connectivity index (χ1n) is 4.68. The highest BCUT2D eigenvalue weighted by Crippen LogP contribution is 2.21. The Hall–Kier alpha value is -2.30. The van der Waals surface area contributed by atoms with E-state index in [1.54, 1.807) is 19.1 Å². The van der Waals surface area contributed by atoms with Crippen molar-refractivity contribution in [3.8, 4) is 5.75 Å². The first-order chi connectivity index (χ1) is 7.66. The van der Waals surface area contributed by atoms with Crippen LogP contribution in [0.15, 0.2) is 35.0 Å². The van der Waals surface area contributed by atoms with Crippen molar-refractivity contribution in [3.63, 3.8) is 0 Å². The minimum atomic E-state index is -0.402. The van der Waals surface area contributed by atoms with E-state index in [0.29, 0.717) is 5.69 Å². The van der Waals surface area contributed by atoms with Gasteiger partial charge in [0.25, 0.3) is 5.91 Å². The number of amides is 1. The van der Waals surface area contributed by atoms with Crippen molar-refractivity contribution in [2.75, 3.05) is 5.32 Å². The normalized spacial score (nSPS) is 10.1. The van der Waals surface area contributed by atoms with E-state index in [2.05, 4.69) is 10.5 Å². The zero-order valence-corrected chi connectivity index (χ0v) is 8.60. The average Bonchev–Trinajstić information content (AvgIpc) is 2.77. The zero-order valence-electron chi connectivity index (χ0n) is 8.60. The van der Waals surface area contributed by atoms with Gasteiger partial charge in [0.2, 0.25) is 5.76 Å². The molecule has 82 valence electrons. The van der Waals surface area contributed by atoms with Gasteiger partial charge in [-0.2, -0.15) is 0 Å². The maximum absolute atomic E-state index is 11.5. The first kappa shape index (κ1) is 10.2. The highest BCUT2D eigenvalue weighted by atomic mass is 16.5. The van der Waals surface area contributed by atoms with Gasteiger partial charge < -0.3 is 14.9 Å². The van der Waals surface area contributed by atoms with Gasteiger partial charge in [-0.1, -0.05) is 11.2 Å². The second-order valence-electron chi connectivity index (χ2n) is 3.33. The van der Waals surface area contributed by atoms with Crippen molar-refractivity contribution in [2.24, 2.45) is 0 Å². The summed E-state index contributed by atoms with van der Waals surface area (Å²) in [6, 6.07) is 6.35. The van der Waals surface area contributed by atoms with E-state index in [0.717, 1.165) is 5.56 Å². The molecule has 0 spiro atoms. The molecule has 16 heavy (non-hydrogen) atoms. The van der Waals surface area contributed by atoms with Crippen LogP contribution in [0.5, 0.6) is 5.75 Å². The average molecular weight is 218 g/mol.